The van der Waals surface area contributed by atoms with Crippen LogP contribution in [0.15, 0.2) is 48.5 Å². The van der Waals surface area contributed by atoms with Gasteiger partial charge in [0.2, 0.25) is 0 Å². The molecule has 0 saturated carbocycles. The zero-order valence-electron chi connectivity index (χ0n) is 18.1. The molecule has 2 fully saturated rings. The Balaban J connectivity index is 1.39. The topological polar surface area (TPSA) is 61.9 Å². The molecular formula is C24H29N3O3S. The van der Waals surface area contributed by atoms with Crippen molar-refractivity contribution in [3.63, 3.8) is 0 Å². The first-order valence-corrected chi connectivity index (χ1v) is 11.8. The van der Waals surface area contributed by atoms with Gasteiger partial charge in [-0.3, -0.25) is 4.79 Å². The van der Waals surface area contributed by atoms with Gasteiger partial charge in [-0.15, -0.1) is 11.8 Å². The highest BCUT2D eigenvalue weighted by Gasteiger charge is 2.47. The van der Waals surface area contributed by atoms with E-state index in [2.05, 4.69) is 18.3 Å². The number of benzene rings is 2. The standard InChI is InChI=1S/C24H29N3O3S/c1-3-18-5-4-6-20(17-18)25-23(29)26-13-11-24(12-14-26)27(15-16-31-24)22(28)19-7-9-21(30-2)10-8-19/h4-10,17H,3,11-16H2,1-2H3,(H,25,29). The van der Waals surface area contributed by atoms with Gasteiger partial charge in [-0.1, -0.05) is 19.1 Å². The number of carbonyl (C=O) groups excluding carboxylic acids is 2. The average molecular weight is 440 g/mol. The minimum absolute atomic E-state index is 0.0573. The number of urea groups is 1. The summed E-state index contributed by atoms with van der Waals surface area (Å²) in [6, 6.07) is 15.2. The molecule has 2 heterocycles. The molecule has 1 spiro atoms. The third-order valence-electron chi connectivity index (χ3n) is 6.18. The first kappa shape index (κ1) is 21.6. The number of aryl methyl sites for hydroxylation is 1. The molecule has 0 aromatic heterocycles. The molecule has 0 bridgehead atoms. The lowest BCUT2D eigenvalue weighted by Crippen LogP contribution is -2.54. The number of anilines is 1. The van der Waals surface area contributed by atoms with Crippen LogP contribution in [0.2, 0.25) is 0 Å². The third-order valence-corrected chi connectivity index (χ3v) is 7.73. The summed E-state index contributed by atoms with van der Waals surface area (Å²) in [5, 5.41) is 3.02. The van der Waals surface area contributed by atoms with Crippen LogP contribution in [0.25, 0.3) is 0 Å². The second-order valence-electron chi connectivity index (χ2n) is 7.95. The number of hydrogen-bond acceptors (Lipinski definition) is 4. The Labute approximate surface area is 187 Å². The maximum atomic E-state index is 13.2. The van der Waals surface area contributed by atoms with Crippen molar-refractivity contribution in [1.29, 1.82) is 0 Å². The van der Waals surface area contributed by atoms with E-state index in [0.717, 1.165) is 43.0 Å². The number of hydrogen-bond donors (Lipinski definition) is 1. The lowest BCUT2D eigenvalue weighted by atomic mass is 10.0. The van der Waals surface area contributed by atoms with Crippen molar-refractivity contribution >= 4 is 29.4 Å². The molecule has 2 aromatic rings. The van der Waals surface area contributed by atoms with Gasteiger partial charge in [0, 0.05) is 36.6 Å². The molecule has 4 rings (SSSR count). The SMILES string of the molecule is CCc1cccc(NC(=O)N2CCC3(CC2)SCCN3C(=O)c2ccc(OC)cc2)c1. The van der Waals surface area contributed by atoms with E-state index in [0.29, 0.717) is 18.7 Å². The number of amides is 3. The lowest BCUT2D eigenvalue weighted by molar-refractivity contribution is 0.0585. The third kappa shape index (κ3) is 4.51. The fourth-order valence-electron chi connectivity index (χ4n) is 4.33. The van der Waals surface area contributed by atoms with Crippen LogP contribution in [0.5, 0.6) is 5.75 Å². The molecule has 164 valence electrons. The molecule has 0 unspecified atom stereocenters. The Hall–Kier alpha value is -2.67. The van der Waals surface area contributed by atoms with Gasteiger partial charge in [0.05, 0.1) is 12.0 Å². The highest BCUT2D eigenvalue weighted by Crippen LogP contribution is 2.44. The van der Waals surface area contributed by atoms with Crippen LogP contribution in [0.1, 0.15) is 35.7 Å². The predicted octanol–water partition coefficient (Wildman–Crippen LogP) is 4.47. The number of thioether (sulfide) groups is 1. The highest BCUT2D eigenvalue weighted by atomic mass is 32.2. The molecule has 2 aliphatic heterocycles. The number of nitrogens with zero attached hydrogens (tertiary/aromatic N) is 2. The smallest absolute Gasteiger partial charge is 0.321 e. The summed E-state index contributed by atoms with van der Waals surface area (Å²) >= 11 is 1.85. The Morgan fingerprint density at radius 3 is 2.52 bits per heavy atom. The molecule has 2 aromatic carbocycles. The number of methoxy groups -OCH3 is 1. The summed E-state index contributed by atoms with van der Waals surface area (Å²) in [5.74, 6) is 1.73. The summed E-state index contributed by atoms with van der Waals surface area (Å²) in [6.45, 7) is 4.12. The van der Waals surface area contributed by atoms with Crippen molar-refractivity contribution in [3.05, 3.63) is 59.7 Å². The summed E-state index contributed by atoms with van der Waals surface area (Å²) in [4.78, 5) is 29.6. The fraction of sp³-hybridized carbons (Fsp3) is 0.417. The minimum Gasteiger partial charge on any atom is -0.497 e. The Bertz CT molecular complexity index is 939. The molecule has 0 aliphatic carbocycles. The summed E-state index contributed by atoms with van der Waals surface area (Å²) < 4.78 is 5.20. The van der Waals surface area contributed by atoms with E-state index >= 15 is 0 Å². The summed E-state index contributed by atoms with van der Waals surface area (Å²) in [6.07, 6.45) is 2.50. The lowest BCUT2D eigenvalue weighted by Gasteiger charge is -2.44. The number of rotatable bonds is 4. The van der Waals surface area contributed by atoms with Crippen molar-refractivity contribution in [3.8, 4) is 5.75 Å². The number of ether oxygens (including phenoxy) is 1. The summed E-state index contributed by atoms with van der Waals surface area (Å²) in [5.41, 5.74) is 2.71. The first-order chi connectivity index (χ1) is 15.0. The van der Waals surface area contributed by atoms with Crippen molar-refractivity contribution in [2.24, 2.45) is 0 Å². The predicted molar refractivity (Wildman–Crippen MR) is 125 cm³/mol. The average Bonchev–Trinajstić information content (AvgIpc) is 3.22. The summed E-state index contributed by atoms with van der Waals surface area (Å²) in [7, 11) is 1.62. The van der Waals surface area contributed by atoms with Crippen molar-refractivity contribution in [2.45, 2.75) is 31.1 Å². The zero-order valence-corrected chi connectivity index (χ0v) is 18.9. The number of nitrogens with one attached hydrogen (secondary N) is 1. The van der Waals surface area contributed by atoms with Crippen molar-refractivity contribution in [1.82, 2.24) is 9.80 Å². The molecule has 31 heavy (non-hydrogen) atoms. The highest BCUT2D eigenvalue weighted by molar-refractivity contribution is 8.00. The van der Waals surface area contributed by atoms with Gasteiger partial charge in [0.15, 0.2) is 0 Å². The molecule has 2 aliphatic rings. The first-order valence-electron chi connectivity index (χ1n) is 10.8. The monoisotopic (exact) mass is 439 g/mol. The van der Waals surface area contributed by atoms with Crippen LogP contribution in [-0.2, 0) is 6.42 Å². The molecule has 0 atom stereocenters. The van der Waals surface area contributed by atoms with Crippen LogP contribution in [0.4, 0.5) is 10.5 Å². The van der Waals surface area contributed by atoms with Gasteiger partial charge in [0.25, 0.3) is 5.91 Å². The van der Waals surface area contributed by atoms with Gasteiger partial charge in [-0.25, -0.2) is 4.79 Å². The zero-order chi connectivity index (χ0) is 21.8. The largest absolute Gasteiger partial charge is 0.497 e. The van der Waals surface area contributed by atoms with Gasteiger partial charge in [0.1, 0.15) is 5.75 Å². The van der Waals surface area contributed by atoms with E-state index in [1.165, 1.54) is 5.56 Å². The van der Waals surface area contributed by atoms with Crippen molar-refractivity contribution < 1.29 is 14.3 Å². The second-order valence-corrected chi connectivity index (χ2v) is 9.41. The maximum Gasteiger partial charge on any atom is 0.321 e. The Morgan fingerprint density at radius 2 is 1.84 bits per heavy atom. The Kier molecular flexibility index (Phi) is 6.41. The van der Waals surface area contributed by atoms with E-state index in [1.54, 1.807) is 7.11 Å². The van der Waals surface area contributed by atoms with Crippen LogP contribution in [0, 0.1) is 0 Å². The molecule has 7 heteroatoms. The molecule has 0 radical (unpaired) electrons. The van der Waals surface area contributed by atoms with E-state index in [-0.39, 0.29) is 16.8 Å². The molecule has 3 amide bonds. The van der Waals surface area contributed by atoms with Gasteiger partial charge in [-0.05, 0) is 61.2 Å². The van der Waals surface area contributed by atoms with Crippen molar-refractivity contribution in [2.75, 3.05) is 37.8 Å². The van der Waals surface area contributed by atoms with Gasteiger partial charge in [-0.2, -0.15) is 0 Å². The number of piperidine rings is 1. The molecule has 2 saturated heterocycles. The number of carbonyl (C=O) groups is 2. The van der Waals surface area contributed by atoms with Crippen LogP contribution < -0.4 is 10.1 Å². The fourth-order valence-corrected chi connectivity index (χ4v) is 5.78. The van der Waals surface area contributed by atoms with E-state index in [9.17, 15) is 9.59 Å². The van der Waals surface area contributed by atoms with Gasteiger partial charge < -0.3 is 19.9 Å². The molecular weight excluding hydrogens is 410 g/mol. The normalized spacial score (nSPS) is 17.6. The van der Waals surface area contributed by atoms with Crippen LogP contribution in [-0.4, -0.2) is 59.1 Å². The maximum absolute atomic E-state index is 13.2. The quantitative estimate of drug-likeness (QED) is 0.764. The van der Waals surface area contributed by atoms with Gasteiger partial charge >= 0.3 is 6.03 Å². The Morgan fingerprint density at radius 1 is 1.10 bits per heavy atom. The second kappa shape index (κ2) is 9.22. The molecule has 6 nitrogen and oxygen atoms in total. The minimum atomic E-state index is -0.226. The van der Waals surface area contributed by atoms with E-state index in [1.807, 2.05) is 64.0 Å². The van der Waals surface area contributed by atoms with Crippen LogP contribution >= 0.6 is 11.8 Å². The van der Waals surface area contributed by atoms with E-state index < -0.39 is 0 Å². The van der Waals surface area contributed by atoms with E-state index in [4.69, 9.17) is 4.74 Å². The number of likely N-dealkylation sites (tertiary alicyclic amines) is 1. The molecule has 1 N–H and O–H groups in total. The van der Waals surface area contributed by atoms with Crippen LogP contribution in [0.3, 0.4) is 0 Å².